The number of carbonyl (C=O) groups excluding carboxylic acids is 2. The average Bonchev–Trinajstić information content (AvgIpc) is 3.36. The molecule has 1 aliphatic heterocycles. The lowest BCUT2D eigenvalue weighted by molar-refractivity contribution is -0.134. The Balaban J connectivity index is 1.39. The van der Waals surface area contributed by atoms with E-state index in [9.17, 15) is 9.59 Å². The Morgan fingerprint density at radius 2 is 1.84 bits per heavy atom. The molecular formula is C28H34N8O2. The third-order valence-electron chi connectivity index (χ3n) is 6.45. The van der Waals surface area contributed by atoms with Gasteiger partial charge >= 0.3 is 0 Å². The molecule has 2 aromatic heterocycles. The monoisotopic (exact) mass is 514 g/mol. The molecule has 3 heterocycles. The van der Waals surface area contributed by atoms with Crippen LogP contribution in [0.1, 0.15) is 62.0 Å². The molecule has 1 aliphatic rings. The SMILES string of the molecule is Cc1cnc(Nc2cnn(C3CCN(C(=O)CC(C)(C)C)CC3)c2)nc1-c1ccc(C(=O)NCC#N)cc1. The van der Waals surface area contributed by atoms with E-state index in [1.165, 1.54) is 0 Å². The first-order valence-corrected chi connectivity index (χ1v) is 12.8. The second kappa shape index (κ2) is 11.4. The van der Waals surface area contributed by atoms with Crippen LogP contribution in [0, 0.1) is 23.7 Å². The van der Waals surface area contributed by atoms with Crippen LogP contribution in [-0.2, 0) is 4.79 Å². The lowest BCUT2D eigenvalue weighted by Crippen LogP contribution is -2.40. The van der Waals surface area contributed by atoms with E-state index in [0.717, 1.165) is 48.4 Å². The van der Waals surface area contributed by atoms with Crippen molar-refractivity contribution in [1.29, 1.82) is 5.26 Å². The molecule has 4 rings (SSSR count). The Hall–Kier alpha value is -4.26. The maximum Gasteiger partial charge on any atom is 0.252 e. The van der Waals surface area contributed by atoms with Crippen molar-refractivity contribution in [1.82, 2.24) is 30.0 Å². The summed E-state index contributed by atoms with van der Waals surface area (Å²) in [4.78, 5) is 35.7. The van der Waals surface area contributed by atoms with Gasteiger partial charge in [-0.1, -0.05) is 32.9 Å². The third kappa shape index (κ3) is 6.73. The van der Waals surface area contributed by atoms with Crippen LogP contribution in [0.15, 0.2) is 42.9 Å². The van der Waals surface area contributed by atoms with Crippen molar-refractivity contribution in [3.63, 3.8) is 0 Å². The number of piperidine rings is 1. The topological polar surface area (TPSA) is 129 Å². The molecule has 10 heteroatoms. The van der Waals surface area contributed by atoms with E-state index in [0.29, 0.717) is 17.9 Å². The van der Waals surface area contributed by atoms with Gasteiger partial charge in [-0.05, 0) is 42.9 Å². The number of benzene rings is 1. The minimum atomic E-state index is -0.293. The Kier molecular flexibility index (Phi) is 8.05. The Morgan fingerprint density at radius 1 is 1.13 bits per heavy atom. The zero-order valence-corrected chi connectivity index (χ0v) is 22.4. The number of nitrogens with zero attached hydrogens (tertiary/aromatic N) is 6. The van der Waals surface area contributed by atoms with Crippen molar-refractivity contribution >= 4 is 23.5 Å². The summed E-state index contributed by atoms with van der Waals surface area (Å²) < 4.78 is 1.96. The van der Waals surface area contributed by atoms with Gasteiger partial charge in [0.2, 0.25) is 11.9 Å². The summed E-state index contributed by atoms with van der Waals surface area (Å²) in [6, 6.07) is 9.22. The fourth-order valence-electron chi connectivity index (χ4n) is 4.47. The van der Waals surface area contributed by atoms with E-state index in [1.54, 1.807) is 24.5 Å². The van der Waals surface area contributed by atoms with Crippen molar-refractivity contribution in [3.05, 3.63) is 54.0 Å². The molecule has 2 N–H and O–H groups in total. The number of hydrogen-bond donors (Lipinski definition) is 2. The second-order valence-electron chi connectivity index (χ2n) is 10.8. The van der Waals surface area contributed by atoms with Crippen LogP contribution in [-0.4, -0.2) is 56.1 Å². The molecule has 198 valence electrons. The molecule has 1 saturated heterocycles. The maximum absolute atomic E-state index is 12.6. The molecular weight excluding hydrogens is 480 g/mol. The van der Waals surface area contributed by atoms with Crippen molar-refractivity contribution < 1.29 is 9.59 Å². The number of aryl methyl sites for hydroxylation is 1. The van der Waals surface area contributed by atoms with Crippen LogP contribution in [0.2, 0.25) is 0 Å². The lowest BCUT2D eigenvalue weighted by Gasteiger charge is -2.33. The molecule has 0 spiro atoms. The fourth-order valence-corrected chi connectivity index (χ4v) is 4.47. The first-order chi connectivity index (χ1) is 18.1. The number of anilines is 2. The molecule has 0 atom stereocenters. The Bertz CT molecular complexity index is 1330. The highest BCUT2D eigenvalue weighted by molar-refractivity contribution is 5.94. The summed E-state index contributed by atoms with van der Waals surface area (Å²) >= 11 is 0. The van der Waals surface area contributed by atoms with Gasteiger partial charge in [-0.15, -0.1) is 0 Å². The second-order valence-corrected chi connectivity index (χ2v) is 10.8. The number of likely N-dealkylation sites (tertiary alicyclic amines) is 1. The van der Waals surface area contributed by atoms with E-state index in [2.05, 4.69) is 41.5 Å². The van der Waals surface area contributed by atoms with Gasteiger partial charge in [-0.2, -0.15) is 10.4 Å². The number of carbonyl (C=O) groups is 2. The van der Waals surface area contributed by atoms with Crippen LogP contribution in [0.25, 0.3) is 11.3 Å². The largest absolute Gasteiger partial charge is 0.343 e. The molecule has 0 radical (unpaired) electrons. The van der Waals surface area contributed by atoms with Gasteiger partial charge in [0.15, 0.2) is 0 Å². The molecule has 0 unspecified atom stereocenters. The number of amides is 2. The molecule has 38 heavy (non-hydrogen) atoms. The van der Waals surface area contributed by atoms with E-state index in [-0.39, 0.29) is 29.8 Å². The summed E-state index contributed by atoms with van der Waals surface area (Å²) in [7, 11) is 0. The van der Waals surface area contributed by atoms with Crippen LogP contribution < -0.4 is 10.6 Å². The van der Waals surface area contributed by atoms with Crippen LogP contribution in [0.5, 0.6) is 0 Å². The molecule has 0 saturated carbocycles. The van der Waals surface area contributed by atoms with Gasteiger partial charge in [-0.3, -0.25) is 14.3 Å². The first kappa shape index (κ1) is 26.8. The van der Waals surface area contributed by atoms with E-state index in [1.807, 2.05) is 40.9 Å². The third-order valence-corrected chi connectivity index (χ3v) is 6.45. The van der Waals surface area contributed by atoms with Crippen molar-refractivity contribution in [3.8, 4) is 17.3 Å². The quantitative estimate of drug-likeness (QED) is 0.451. The van der Waals surface area contributed by atoms with Crippen molar-refractivity contribution in [2.75, 3.05) is 25.0 Å². The zero-order valence-electron chi connectivity index (χ0n) is 22.4. The van der Waals surface area contributed by atoms with Crippen molar-refractivity contribution in [2.45, 2.75) is 53.0 Å². The highest BCUT2D eigenvalue weighted by Gasteiger charge is 2.27. The van der Waals surface area contributed by atoms with Gasteiger partial charge in [0.25, 0.3) is 5.91 Å². The zero-order chi connectivity index (χ0) is 27.3. The molecule has 0 bridgehead atoms. The van der Waals surface area contributed by atoms with Gasteiger partial charge in [0, 0.05) is 43.0 Å². The van der Waals surface area contributed by atoms with Crippen molar-refractivity contribution in [2.24, 2.45) is 5.41 Å². The van der Waals surface area contributed by atoms with E-state index >= 15 is 0 Å². The number of rotatable bonds is 7. The highest BCUT2D eigenvalue weighted by Crippen LogP contribution is 2.27. The molecule has 1 fully saturated rings. The molecule has 10 nitrogen and oxygen atoms in total. The smallest absolute Gasteiger partial charge is 0.252 e. The summed E-state index contributed by atoms with van der Waals surface area (Å²) in [6.45, 7) is 9.65. The van der Waals surface area contributed by atoms with E-state index < -0.39 is 0 Å². The number of nitrogens with one attached hydrogen (secondary N) is 2. The van der Waals surface area contributed by atoms with Crippen LogP contribution in [0.3, 0.4) is 0 Å². The average molecular weight is 515 g/mol. The highest BCUT2D eigenvalue weighted by atomic mass is 16.2. The summed E-state index contributed by atoms with van der Waals surface area (Å²) in [5.41, 5.74) is 3.77. The summed E-state index contributed by atoms with van der Waals surface area (Å²) in [5, 5.41) is 19.0. The van der Waals surface area contributed by atoms with E-state index in [4.69, 9.17) is 10.2 Å². The number of hydrogen-bond acceptors (Lipinski definition) is 7. The standard InChI is InChI=1S/C28H34N8O2/c1-19-16-31-27(34-25(19)20-5-7-21(8-6-20)26(38)30-12-11-29)33-22-17-32-36(18-22)23-9-13-35(14-10-23)24(37)15-28(2,3)4/h5-8,16-18,23H,9-10,12-15H2,1-4H3,(H,30,38)(H,31,33,34). The van der Waals surface area contributed by atoms with Gasteiger partial charge in [-0.25, -0.2) is 9.97 Å². The first-order valence-electron chi connectivity index (χ1n) is 12.8. The fraction of sp³-hybridized carbons (Fsp3) is 0.429. The predicted octanol–water partition coefficient (Wildman–Crippen LogP) is 4.25. The minimum absolute atomic E-state index is 0.00702. The summed E-state index contributed by atoms with van der Waals surface area (Å²) in [5.74, 6) is 0.380. The molecule has 0 aliphatic carbocycles. The molecule has 2 amide bonds. The summed E-state index contributed by atoms with van der Waals surface area (Å²) in [6.07, 6.45) is 7.77. The molecule has 1 aromatic carbocycles. The minimum Gasteiger partial charge on any atom is -0.343 e. The van der Waals surface area contributed by atoms with Gasteiger partial charge in [0.1, 0.15) is 6.54 Å². The van der Waals surface area contributed by atoms with Gasteiger partial charge in [0.05, 0.1) is 29.7 Å². The normalized spacial score (nSPS) is 14.1. The maximum atomic E-state index is 12.6. The Morgan fingerprint density at radius 3 is 2.50 bits per heavy atom. The molecule has 3 aromatic rings. The van der Waals surface area contributed by atoms with Crippen LogP contribution in [0.4, 0.5) is 11.6 Å². The van der Waals surface area contributed by atoms with Crippen LogP contribution >= 0.6 is 0 Å². The Labute approximate surface area is 223 Å². The predicted molar refractivity (Wildman–Crippen MR) is 145 cm³/mol. The van der Waals surface area contributed by atoms with Gasteiger partial charge < -0.3 is 15.5 Å². The number of aromatic nitrogens is 4. The number of nitriles is 1. The lowest BCUT2D eigenvalue weighted by atomic mass is 9.91.